The molecule has 5 nitrogen and oxygen atoms in total. The molecule has 28 heavy (non-hydrogen) atoms. The maximum atomic E-state index is 13.3. The number of ketones is 1. The molecule has 0 N–H and O–H groups in total. The first-order chi connectivity index (χ1) is 13.0. The lowest BCUT2D eigenvalue weighted by molar-refractivity contribution is -0.852. The van der Waals surface area contributed by atoms with Crippen LogP contribution < -0.4 is 5.11 Å². The van der Waals surface area contributed by atoms with Crippen LogP contribution in [0.5, 0.6) is 0 Å². The Kier molecular flexibility index (Phi) is 6.74. The molecule has 1 heterocycles. The summed E-state index contributed by atoms with van der Waals surface area (Å²) in [4.78, 5) is 38.4. The van der Waals surface area contributed by atoms with E-state index in [1.165, 1.54) is 6.08 Å². The molecule has 7 heteroatoms. The lowest BCUT2D eigenvalue weighted by Gasteiger charge is -2.39. The number of carboxylic acids is 1. The molecule has 3 atom stereocenters. The Hall–Kier alpha value is -1.69. The molecule has 0 spiro atoms. The molecule has 2 unspecified atom stereocenters. The standard InChI is InChI=1S/C21H25Cl2NO4/c1-5-10-24(19(26)18(25)21(3,4)6-2)11-9-14(17(24)20(27)28)13-7-8-15(22)16(23)12-13/h5,7-8,12,14,17H,1,6,9-11H2,2-4H3/t14?,17-,24?/m0/s1. The van der Waals surface area contributed by atoms with Gasteiger partial charge in [-0.2, -0.15) is 0 Å². The van der Waals surface area contributed by atoms with Crippen molar-refractivity contribution in [1.29, 1.82) is 0 Å². The van der Waals surface area contributed by atoms with E-state index in [0.29, 0.717) is 28.5 Å². The Morgan fingerprint density at radius 1 is 1.29 bits per heavy atom. The van der Waals surface area contributed by atoms with E-state index in [4.69, 9.17) is 23.2 Å². The number of hydrogen-bond acceptors (Lipinski definition) is 4. The fourth-order valence-electron chi connectivity index (χ4n) is 3.87. The van der Waals surface area contributed by atoms with Gasteiger partial charge in [-0.1, -0.05) is 56.6 Å². The van der Waals surface area contributed by atoms with E-state index in [1.54, 1.807) is 32.0 Å². The summed E-state index contributed by atoms with van der Waals surface area (Å²) < 4.78 is -0.515. The van der Waals surface area contributed by atoms with Crippen LogP contribution in [0.1, 0.15) is 45.1 Å². The van der Waals surface area contributed by atoms with Crippen molar-refractivity contribution >= 4 is 40.9 Å². The summed E-state index contributed by atoms with van der Waals surface area (Å²) in [5, 5.41) is 12.9. The lowest BCUT2D eigenvalue weighted by Crippen LogP contribution is -2.65. The summed E-state index contributed by atoms with van der Waals surface area (Å²) in [6.45, 7) is 9.14. The van der Waals surface area contributed by atoms with Gasteiger partial charge in [-0.15, -0.1) is 0 Å². The minimum Gasteiger partial charge on any atom is -0.544 e. The predicted molar refractivity (Wildman–Crippen MR) is 107 cm³/mol. The zero-order valence-electron chi connectivity index (χ0n) is 16.3. The van der Waals surface area contributed by atoms with Crippen LogP contribution in [0.4, 0.5) is 0 Å². The van der Waals surface area contributed by atoms with Crippen LogP contribution in [-0.2, 0) is 14.4 Å². The van der Waals surface area contributed by atoms with Crippen LogP contribution in [0.15, 0.2) is 30.9 Å². The Balaban J connectivity index is 2.56. The van der Waals surface area contributed by atoms with Gasteiger partial charge in [0.05, 0.1) is 16.6 Å². The first-order valence-electron chi connectivity index (χ1n) is 9.24. The van der Waals surface area contributed by atoms with Gasteiger partial charge in [0.1, 0.15) is 18.6 Å². The Morgan fingerprint density at radius 2 is 1.93 bits per heavy atom. The van der Waals surface area contributed by atoms with Gasteiger partial charge in [-0.3, -0.25) is 4.79 Å². The van der Waals surface area contributed by atoms with E-state index < -0.39 is 39.5 Å². The number of Topliss-reactive ketones (excluding diaryl/α,β-unsaturated/α-hetero) is 1. The molecule has 0 saturated carbocycles. The van der Waals surface area contributed by atoms with Crippen LogP contribution in [0, 0.1) is 5.41 Å². The van der Waals surface area contributed by atoms with Gasteiger partial charge < -0.3 is 9.90 Å². The van der Waals surface area contributed by atoms with Crippen molar-refractivity contribution in [2.24, 2.45) is 5.41 Å². The molecule has 0 radical (unpaired) electrons. The van der Waals surface area contributed by atoms with Gasteiger partial charge >= 0.3 is 5.91 Å². The summed E-state index contributed by atoms with van der Waals surface area (Å²) in [7, 11) is 0. The molecule has 0 bridgehead atoms. The van der Waals surface area contributed by atoms with Crippen LogP contribution in [-0.4, -0.2) is 41.3 Å². The molecular weight excluding hydrogens is 401 g/mol. The highest BCUT2D eigenvalue weighted by Gasteiger charge is 2.57. The first kappa shape index (κ1) is 22.6. The fourth-order valence-corrected chi connectivity index (χ4v) is 4.17. The number of carbonyl (C=O) groups is 3. The molecule has 1 aliphatic rings. The molecule has 0 aliphatic carbocycles. The van der Waals surface area contributed by atoms with E-state index in [-0.39, 0.29) is 13.1 Å². The molecule has 2 rings (SSSR count). The minimum absolute atomic E-state index is 0.0425. The zero-order valence-corrected chi connectivity index (χ0v) is 17.8. The largest absolute Gasteiger partial charge is 0.544 e. The van der Waals surface area contributed by atoms with Crippen molar-refractivity contribution in [2.45, 2.75) is 45.6 Å². The molecule has 1 fully saturated rings. The fraction of sp³-hybridized carbons (Fsp3) is 0.476. The predicted octanol–water partition coefficient (Wildman–Crippen LogP) is 3.13. The van der Waals surface area contributed by atoms with E-state index in [9.17, 15) is 19.5 Å². The highest BCUT2D eigenvalue weighted by atomic mass is 35.5. The summed E-state index contributed by atoms with van der Waals surface area (Å²) in [6.07, 6.45) is 2.35. The monoisotopic (exact) mass is 425 g/mol. The van der Waals surface area contributed by atoms with Gasteiger partial charge in [-0.05, 0) is 30.2 Å². The molecule has 1 aromatic carbocycles. The molecule has 1 aromatic rings. The van der Waals surface area contributed by atoms with Crippen LogP contribution in [0.3, 0.4) is 0 Å². The highest BCUT2D eigenvalue weighted by molar-refractivity contribution is 6.42. The van der Waals surface area contributed by atoms with Gasteiger partial charge in [0.25, 0.3) is 5.78 Å². The third-order valence-electron chi connectivity index (χ3n) is 5.92. The van der Waals surface area contributed by atoms with Crippen molar-refractivity contribution in [3.63, 3.8) is 0 Å². The van der Waals surface area contributed by atoms with Gasteiger partial charge in [0, 0.05) is 17.8 Å². The van der Waals surface area contributed by atoms with Gasteiger partial charge in [0.2, 0.25) is 0 Å². The number of quaternary nitrogens is 1. The molecule has 1 amide bonds. The molecule has 1 saturated heterocycles. The summed E-state index contributed by atoms with van der Waals surface area (Å²) in [5.74, 6) is -3.17. The molecule has 152 valence electrons. The number of benzene rings is 1. The maximum absolute atomic E-state index is 13.3. The third-order valence-corrected chi connectivity index (χ3v) is 6.66. The number of likely N-dealkylation sites (tertiary alicyclic amines) is 1. The Labute approximate surface area is 175 Å². The number of nitrogens with zero attached hydrogens (tertiary/aromatic N) is 1. The number of halogens is 2. The minimum atomic E-state index is -1.37. The van der Waals surface area contributed by atoms with Crippen molar-refractivity contribution in [3.05, 3.63) is 46.5 Å². The Morgan fingerprint density at radius 3 is 2.43 bits per heavy atom. The van der Waals surface area contributed by atoms with E-state index in [1.807, 2.05) is 6.92 Å². The number of rotatable bonds is 7. The number of carbonyl (C=O) groups excluding carboxylic acids is 3. The second-order valence-corrected chi connectivity index (χ2v) is 8.75. The highest BCUT2D eigenvalue weighted by Crippen LogP contribution is 2.42. The van der Waals surface area contributed by atoms with Crippen molar-refractivity contribution in [2.75, 3.05) is 13.1 Å². The Bertz CT molecular complexity index is 821. The molecular formula is C21H25Cl2NO4. The van der Waals surface area contributed by atoms with Crippen LogP contribution >= 0.6 is 23.2 Å². The third kappa shape index (κ3) is 3.88. The zero-order chi connectivity index (χ0) is 21.3. The van der Waals surface area contributed by atoms with Crippen molar-refractivity contribution < 1.29 is 24.0 Å². The van der Waals surface area contributed by atoms with Crippen molar-refractivity contribution in [1.82, 2.24) is 0 Å². The summed E-state index contributed by atoms with van der Waals surface area (Å²) in [5.41, 5.74) is -0.218. The van der Waals surface area contributed by atoms with E-state index in [0.717, 1.165) is 0 Å². The average molecular weight is 426 g/mol. The number of carboxylic acid groups (broad SMARTS) is 1. The molecule has 1 aliphatic heterocycles. The summed E-state index contributed by atoms with van der Waals surface area (Å²) >= 11 is 12.1. The maximum Gasteiger partial charge on any atom is 0.383 e. The smallest absolute Gasteiger partial charge is 0.383 e. The lowest BCUT2D eigenvalue weighted by atomic mass is 9.83. The quantitative estimate of drug-likeness (QED) is 0.382. The van der Waals surface area contributed by atoms with Crippen LogP contribution in [0.2, 0.25) is 10.0 Å². The average Bonchev–Trinajstić information content (AvgIpc) is 3.03. The topological polar surface area (TPSA) is 74.3 Å². The number of amides is 1. The second-order valence-electron chi connectivity index (χ2n) is 7.93. The van der Waals surface area contributed by atoms with Gasteiger partial charge in [0.15, 0.2) is 0 Å². The van der Waals surface area contributed by atoms with Gasteiger partial charge in [-0.25, -0.2) is 9.28 Å². The first-order valence-corrected chi connectivity index (χ1v) is 10.00. The molecule has 0 aromatic heterocycles. The SMILES string of the molecule is C=CC[N+]1(C(=O)C(=O)C(C)(C)CC)CCC(c2ccc(Cl)c(Cl)c2)[C@H]1C(=O)[O-]. The number of aliphatic carboxylic acids is 1. The van der Waals surface area contributed by atoms with E-state index in [2.05, 4.69) is 6.58 Å². The van der Waals surface area contributed by atoms with Crippen molar-refractivity contribution in [3.8, 4) is 0 Å². The number of hydrogen-bond donors (Lipinski definition) is 0. The second kappa shape index (κ2) is 8.36. The summed E-state index contributed by atoms with van der Waals surface area (Å²) in [6, 6.07) is 3.70. The van der Waals surface area contributed by atoms with Crippen LogP contribution in [0.25, 0.3) is 0 Å². The van der Waals surface area contributed by atoms with E-state index >= 15 is 0 Å². The normalized spacial score (nSPS) is 24.8.